The van der Waals surface area contributed by atoms with Gasteiger partial charge in [-0.1, -0.05) is 6.08 Å². The molecule has 0 aromatic heterocycles. The van der Waals surface area contributed by atoms with Gasteiger partial charge in [-0.05, 0) is 13.8 Å². The van der Waals surface area contributed by atoms with E-state index in [1.165, 1.54) is 19.3 Å². The highest BCUT2D eigenvalue weighted by Crippen LogP contribution is 2.19. The van der Waals surface area contributed by atoms with E-state index in [0.29, 0.717) is 5.76 Å². The fraction of sp³-hybridized carbons (Fsp3) is 0.455. The Morgan fingerprint density at radius 2 is 2.31 bits per heavy atom. The number of amides is 2. The monoisotopic (exact) mass is 224 g/mol. The molecule has 0 saturated heterocycles. The zero-order valence-electron chi connectivity index (χ0n) is 9.64. The molecular weight excluding hydrogens is 208 g/mol. The third-order valence-corrected chi connectivity index (χ3v) is 2.32. The van der Waals surface area contributed by atoms with E-state index in [9.17, 15) is 9.59 Å². The van der Waals surface area contributed by atoms with Crippen LogP contribution in [-0.4, -0.2) is 35.9 Å². The number of hydrogen-bond donors (Lipinski definition) is 1. The summed E-state index contributed by atoms with van der Waals surface area (Å²) in [7, 11) is 1.47. The van der Waals surface area contributed by atoms with Gasteiger partial charge in [0.2, 0.25) is 0 Å². The van der Waals surface area contributed by atoms with Crippen LogP contribution >= 0.6 is 0 Å². The van der Waals surface area contributed by atoms with Gasteiger partial charge in [0.25, 0.3) is 11.8 Å². The Morgan fingerprint density at radius 3 is 2.75 bits per heavy atom. The topological polar surface area (TPSA) is 72.6 Å². The maximum absolute atomic E-state index is 11.7. The molecule has 0 fully saturated rings. The van der Waals surface area contributed by atoms with Crippen LogP contribution in [0.15, 0.2) is 24.0 Å². The van der Waals surface area contributed by atoms with Gasteiger partial charge in [0.05, 0.1) is 13.2 Å². The lowest BCUT2D eigenvalue weighted by molar-refractivity contribution is -0.139. The molecule has 0 spiro atoms. The molecule has 0 aromatic rings. The number of ether oxygens (including phenoxy) is 1. The number of nitrogens with two attached hydrogens (primary N) is 1. The second-order valence-corrected chi connectivity index (χ2v) is 3.69. The first kappa shape index (κ1) is 12.4. The highest BCUT2D eigenvalue weighted by molar-refractivity contribution is 6.07. The Labute approximate surface area is 94.5 Å². The summed E-state index contributed by atoms with van der Waals surface area (Å²) in [6.07, 6.45) is 4.18. The summed E-state index contributed by atoms with van der Waals surface area (Å²) in [6, 6.07) is -0.574. The lowest BCUT2D eigenvalue weighted by Crippen LogP contribution is -2.38. The van der Waals surface area contributed by atoms with Crippen LogP contribution < -0.4 is 5.73 Å². The minimum absolute atomic E-state index is 0.216. The van der Waals surface area contributed by atoms with Crippen LogP contribution in [-0.2, 0) is 14.3 Å². The number of carbonyl (C=O) groups is 2. The molecular formula is C11H16N2O3. The van der Waals surface area contributed by atoms with Gasteiger partial charge >= 0.3 is 0 Å². The number of carbonyl (C=O) groups excluding carboxylic acids is 2. The molecule has 5 nitrogen and oxygen atoms in total. The van der Waals surface area contributed by atoms with Crippen molar-refractivity contribution in [1.82, 2.24) is 4.90 Å². The molecule has 0 aromatic carbocycles. The molecule has 1 heterocycles. The third kappa shape index (κ3) is 2.49. The van der Waals surface area contributed by atoms with E-state index < -0.39 is 0 Å². The van der Waals surface area contributed by atoms with E-state index in [4.69, 9.17) is 10.5 Å². The predicted molar refractivity (Wildman–Crippen MR) is 59.2 cm³/mol. The summed E-state index contributed by atoms with van der Waals surface area (Å²) in [5.74, 6) is -0.241. The van der Waals surface area contributed by atoms with Gasteiger partial charge in [-0.15, -0.1) is 0 Å². The number of methoxy groups -OCH3 is 1. The molecule has 2 amide bonds. The average Bonchev–Trinajstić information content (AvgIpc) is 2.50. The molecule has 2 N–H and O–H groups in total. The molecule has 2 atom stereocenters. The van der Waals surface area contributed by atoms with Crippen LogP contribution in [0.4, 0.5) is 0 Å². The molecule has 0 aliphatic carbocycles. The van der Waals surface area contributed by atoms with Crippen molar-refractivity contribution in [2.45, 2.75) is 25.9 Å². The van der Waals surface area contributed by atoms with Crippen LogP contribution in [0.5, 0.6) is 0 Å². The lowest BCUT2D eigenvalue weighted by atomic mass is 10.2. The highest BCUT2D eigenvalue weighted by atomic mass is 16.5. The van der Waals surface area contributed by atoms with Crippen LogP contribution in [0.25, 0.3) is 0 Å². The van der Waals surface area contributed by atoms with Crippen molar-refractivity contribution in [2.24, 2.45) is 5.73 Å². The molecule has 1 aliphatic rings. The normalized spacial score (nSPS) is 22.5. The molecule has 0 radical (unpaired) electrons. The molecule has 5 heteroatoms. The Morgan fingerprint density at radius 1 is 1.69 bits per heavy atom. The Kier molecular flexibility index (Phi) is 3.84. The third-order valence-electron chi connectivity index (χ3n) is 2.32. The summed E-state index contributed by atoms with van der Waals surface area (Å²) in [4.78, 5) is 24.4. The largest absolute Gasteiger partial charge is 0.499 e. The van der Waals surface area contributed by atoms with E-state index in [-0.39, 0.29) is 23.9 Å². The van der Waals surface area contributed by atoms with Crippen molar-refractivity contribution in [1.29, 1.82) is 0 Å². The minimum atomic E-state index is -0.377. The molecule has 0 bridgehead atoms. The molecule has 1 aliphatic heterocycles. The number of rotatable bonds is 3. The van der Waals surface area contributed by atoms with Crippen LogP contribution in [0, 0.1) is 0 Å². The quantitative estimate of drug-likeness (QED) is 0.694. The molecule has 0 unspecified atom stereocenters. The fourth-order valence-electron chi connectivity index (χ4n) is 1.47. The standard InChI is InChI=1S/C11H16N2O3/c1-7(12)4-5-10(14)13-8(2)9(16-3)6-11(13)15/h4-8H,12H2,1-3H3/b5-4+/t7-,8-/m0/s1. The Balaban J connectivity index is 2.77. The van der Waals surface area contributed by atoms with Gasteiger partial charge in [-0.25, -0.2) is 0 Å². The highest BCUT2D eigenvalue weighted by Gasteiger charge is 2.33. The van der Waals surface area contributed by atoms with Crippen molar-refractivity contribution in [3.8, 4) is 0 Å². The lowest BCUT2D eigenvalue weighted by Gasteiger charge is -2.19. The summed E-state index contributed by atoms with van der Waals surface area (Å²) >= 11 is 0. The maximum Gasteiger partial charge on any atom is 0.257 e. The van der Waals surface area contributed by atoms with E-state index in [1.54, 1.807) is 19.9 Å². The second-order valence-electron chi connectivity index (χ2n) is 3.69. The van der Waals surface area contributed by atoms with E-state index >= 15 is 0 Å². The summed E-state index contributed by atoms with van der Waals surface area (Å²) in [5, 5.41) is 0. The first-order valence-electron chi connectivity index (χ1n) is 5.04. The van der Waals surface area contributed by atoms with Crippen LogP contribution in [0.1, 0.15) is 13.8 Å². The molecule has 1 rings (SSSR count). The van der Waals surface area contributed by atoms with Crippen molar-refractivity contribution < 1.29 is 14.3 Å². The van der Waals surface area contributed by atoms with Gasteiger partial charge in [0, 0.05) is 18.2 Å². The summed E-state index contributed by atoms with van der Waals surface area (Å²) < 4.78 is 5.00. The van der Waals surface area contributed by atoms with Gasteiger partial charge in [-0.3, -0.25) is 14.5 Å². The first-order chi connectivity index (χ1) is 7.47. The smallest absolute Gasteiger partial charge is 0.257 e. The number of imide groups is 1. The SMILES string of the molecule is COC1=CC(=O)N(C(=O)/C=C/[C@H](C)N)[C@H]1C. The van der Waals surface area contributed by atoms with Gasteiger partial charge in [0.1, 0.15) is 5.76 Å². The van der Waals surface area contributed by atoms with Crippen molar-refractivity contribution in [3.05, 3.63) is 24.0 Å². The minimum Gasteiger partial charge on any atom is -0.499 e. The molecule has 88 valence electrons. The van der Waals surface area contributed by atoms with E-state index in [2.05, 4.69) is 0 Å². The molecule has 16 heavy (non-hydrogen) atoms. The Hall–Kier alpha value is -1.62. The van der Waals surface area contributed by atoms with Gasteiger partial charge in [-0.2, -0.15) is 0 Å². The molecule has 0 saturated carbocycles. The van der Waals surface area contributed by atoms with E-state index in [1.807, 2.05) is 0 Å². The predicted octanol–water partition coefficient (Wildman–Crippen LogP) is 0.177. The second kappa shape index (κ2) is 4.94. The van der Waals surface area contributed by atoms with Gasteiger partial charge in [0.15, 0.2) is 0 Å². The van der Waals surface area contributed by atoms with Crippen LogP contribution in [0.2, 0.25) is 0 Å². The zero-order valence-corrected chi connectivity index (χ0v) is 9.64. The summed E-state index contributed by atoms with van der Waals surface area (Å²) in [5.41, 5.74) is 5.48. The van der Waals surface area contributed by atoms with Crippen molar-refractivity contribution in [3.63, 3.8) is 0 Å². The maximum atomic E-state index is 11.7. The van der Waals surface area contributed by atoms with E-state index in [0.717, 1.165) is 4.90 Å². The number of nitrogens with zero attached hydrogens (tertiary/aromatic N) is 1. The van der Waals surface area contributed by atoms with Crippen molar-refractivity contribution in [2.75, 3.05) is 7.11 Å². The van der Waals surface area contributed by atoms with Crippen LogP contribution in [0.3, 0.4) is 0 Å². The number of hydrogen-bond acceptors (Lipinski definition) is 4. The fourth-order valence-corrected chi connectivity index (χ4v) is 1.47. The zero-order chi connectivity index (χ0) is 12.3. The van der Waals surface area contributed by atoms with Crippen molar-refractivity contribution >= 4 is 11.8 Å². The van der Waals surface area contributed by atoms with Gasteiger partial charge < -0.3 is 10.5 Å². The first-order valence-corrected chi connectivity index (χ1v) is 5.04. The Bertz CT molecular complexity index is 358. The summed E-state index contributed by atoms with van der Waals surface area (Å²) in [6.45, 7) is 3.48. The average molecular weight is 224 g/mol.